The first kappa shape index (κ1) is 15.5. The molecule has 0 heterocycles. The molecule has 0 saturated heterocycles. The van der Waals surface area contributed by atoms with Gasteiger partial charge in [0.2, 0.25) is 5.91 Å². The predicted molar refractivity (Wildman–Crippen MR) is 76.5 cm³/mol. The molecule has 2 atom stereocenters. The molecule has 0 aromatic rings. The van der Waals surface area contributed by atoms with E-state index >= 15 is 0 Å². The van der Waals surface area contributed by atoms with Crippen LogP contribution in [0.25, 0.3) is 0 Å². The van der Waals surface area contributed by atoms with Crippen molar-refractivity contribution in [2.45, 2.75) is 65.3 Å². The molecule has 1 saturated carbocycles. The molecule has 0 spiro atoms. The molecular formula is C15H30N2O. The van der Waals surface area contributed by atoms with Gasteiger partial charge in [-0.05, 0) is 38.0 Å². The Bertz CT molecular complexity index is 241. The topological polar surface area (TPSA) is 41.1 Å². The van der Waals surface area contributed by atoms with Crippen LogP contribution in [-0.2, 0) is 4.79 Å². The zero-order chi connectivity index (χ0) is 13.4. The van der Waals surface area contributed by atoms with Gasteiger partial charge in [0.05, 0.1) is 0 Å². The summed E-state index contributed by atoms with van der Waals surface area (Å²) >= 11 is 0. The maximum Gasteiger partial charge on any atom is 0.221 e. The monoisotopic (exact) mass is 254 g/mol. The summed E-state index contributed by atoms with van der Waals surface area (Å²) < 4.78 is 0. The summed E-state index contributed by atoms with van der Waals surface area (Å²) in [7, 11) is 0. The van der Waals surface area contributed by atoms with Crippen molar-refractivity contribution in [2.24, 2.45) is 11.8 Å². The summed E-state index contributed by atoms with van der Waals surface area (Å²) in [5, 5.41) is 6.39. The third-order valence-corrected chi connectivity index (χ3v) is 3.75. The van der Waals surface area contributed by atoms with Crippen LogP contribution < -0.4 is 10.6 Å². The van der Waals surface area contributed by atoms with Gasteiger partial charge in [0.25, 0.3) is 0 Å². The third kappa shape index (κ3) is 6.39. The lowest BCUT2D eigenvalue weighted by Gasteiger charge is -2.30. The standard InChI is InChI=1S/C15H30N2O/c1-4-16-15(18)8-9-17-14-7-5-6-13(11-14)10-12(2)3/h12-14,17H,4-11H2,1-3H3,(H,16,18). The van der Waals surface area contributed by atoms with Crippen molar-refractivity contribution in [3.63, 3.8) is 0 Å². The lowest BCUT2D eigenvalue weighted by Crippen LogP contribution is -2.37. The molecule has 1 aliphatic carbocycles. The van der Waals surface area contributed by atoms with E-state index in [9.17, 15) is 4.79 Å². The maximum absolute atomic E-state index is 11.3. The summed E-state index contributed by atoms with van der Waals surface area (Å²) in [4.78, 5) is 11.3. The first-order valence-electron chi connectivity index (χ1n) is 7.61. The van der Waals surface area contributed by atoms with Gasteiger partial charge in [-0.15, -0.1) is 0 Å². The Labute approximate surface area is 112 Å². The molecule has 0 radical (unpaired) electrons. The molecular weight excluding hydrogens is 224 g/mol. The number of carbonyl (C=O) groups is 1. The molecule has 1 aliphatic rings. The molecule has 1 amide bonds. The van der Waals surface area contributed by atoms with Crippen molar-refractivity contribution < 1.29 is 4.79 Å². The largest absolute Gasteiger partial charge is 0.356 e. The van der Waals surface area contributed by atoms with Crippen LogP contribution in [0.5, 0.6) is 0 Å². The molecule has 3 nitrogen and oxygen atoms in total. The van der Waals surface area contributed by atoms with Crippen LogP contribution in [0.15, 0.2) is 0 Å². The van der Waals surface area contributed by atoms with Crippen molar-refractivity contribution in [1.82, 2.24) is 10.6 Å². The summed E-state index contributed by atoms with van der Waals surface area (Å²) in [6.07, 6.45) is 7.29. The number of rotatable bonds is 7. The zero-order valence-electron chi connectivity index (χ0n) is 12.3. The normalized spacial score (nSPS) is 24.2. The van der Waals surface area contributed by atoms with Gasteiger partial charge in [-0.25, -0.2) is 0 Å². The van der Waals surface area contributed by atoms with E-state index in [2.05, 4.69) is 24.5 Å². The van der Waals surface area contributed by atoms with Crippen molar-refractivity contribution in [3.8, 4) is 0 Å². The van der Waals surface area contributed by atoms with Crippen LogP contribution in [0.1, 0.15) is 59.3 Å². The van der Waals surface area contributed by atoms with Gasteiger partial charge in [-0.2, -0.15) is 0 Å². The quantitative estimate of drug-likeness (QED) is 0.733. The maximum atomic E-state index is 11.3. The van der Waals surface area contributed by atoms with Crippen LogP contribution >= 0.6 is 0 Å². The predicted octanol–water partition coefficient (Wildman–Crippen LogP) is 2.71. The fourth-order valence-corrected chi connectivity index (χ4v) is 3.03. The Kier molecular flexibility index (Phi) is 7.33. The van der Waals surface area contributed by atoms with Gasteiger partial charge in [0, 0.05) is 25.6 Å². The lowest BCUT2D eigenvalue weighted by molar-refractivity contribution is -0.120. The molecule has 0 aromatic carbocycles. The summed E-state index contributed by atoms with van der Waals surface area (Å²) in [5.74, 6) is 1.87. The molecule has 2 N–H and O–H groups in total. The Morgan fingerprint density at radius 2 is 2.11 bits per heavy atom. The van der Waals surface area contributed by atoms with Gasteiger partial charge in [0.15, 0.2) is 0 Å². The van der Waals surface area contributed by atoms with Gasteiger partial charge in [-0.1, -0.05) is 26.7 Å². The minimum Gasteiger partial charge on any atom is -0.356 e. The van der Waals surface area contributed by atoms with E-state index in [0.29, 0.717) is 12.5 Å². The van der Waals surface area contributed by atoms with E-state index in [1.165, 1.54) is 32.1 Å². The van der Waals surface area contributed by atoms with E-state index < -0.39 is 0 Å². The van der Waals surface area contributed by atoms with E-state index in [1.807, 2.05) is 6.92 Å². The molecule has 1 fully saturated rings. The highest BCUT2D eigenvalue weighted by molar-refractivity contribution is 5.75. The third-order valence-electron chi connectivity index (χ3n) is 3.75. The highest BCUT2D eigenvalue weighted by Crippen LogP contribution is 2.29. The fourth-order valence-electron chi connectivity index (χ4n) is 3.03. The first-order chi connectivity index (χ1) is 8.61. The molecule has 3 heteroatoms. The van der Waals surface area contributed by atoms with Crippen LogP contribution in [-0.4, -0.2) is 25.0 Å². The number of hydrogen-bond acceptors (Lipinski definition) is 2. The molecule has 106 valence electrons. The minimum absolute atomic E-state index is 0.166. The van der Waals surface area contributed by atoms with Crippen molar-refractivity contribution in [1.29, 1.82) is 0 Å². The van der Waals surface area contributed by atoms with Crippen LogP contribution in [0.3, 0.4) is 0 Å². The number of amides is 1. The number of carbonyl (C=O) groups excluding carboxylic acids is 1. The molecule has 18 heavy (non-hydrogen) atoms. The average Bonchev–Trinajstić information content (AvgIpc) is 2.29. The van der Waals surface area contributed by atoms with Crippen LogP contribution in [0, 0.1) is 11.8 Å². The van der Waals surface area contributed by atoms with Crippen molar-refractivity contribution >= 4 is 5.91 Å². The van der Waals surface area contributed by atoms with Gasteiger partial charge < -0.3 is 10.6 Å². The van der Waals surface area contributed by atoms with E-state index in [0.717, 1.165) is 24.9 Å². The highest BCUT2D eigenvalue weighted by atomic mass is 16.1. The summed E-state index contributed by atoms with van der Waals surface area (Å²) in [6.45, 7) is 8.14. The van der Waals surface area contributed by atoms with E-state index in [-0.39, 0.29) is 5.91 Å². The Hall–Kier alpha value is -0.570. The Morgan fingerprint density at radius 1 is 1.33 bits per heavy atom. The molecule has 2 unspecified atom stereocenters. The number of nitrogens with one attached hydrogen (secondary N) is 2. The fraction of sp³-hybridized carbons (Fsp3) is 0.933. The second-order valence-corrected chi connectivity index (χ2v) is 6.02. The first-order valence-corrected chi connectivity index (χ1v) is 7.61. The lowest BCUT2D eigenvalue weighted by atomic mass is 9.81. The molecule has 0 aliphatic heterocycles. The van der Waals surface area contributed by atoms with Crippen molar-refractivity contribution in [3.05, 3.63) is 0 Å². The van der Waals surface area contributed by atoms with Crippen LogP contribution in [0.4, 0.5) is 0 Å². The molecule has 1 rings (SSSR count). The smallest absolute Gasteiger partial charge is 0.221 e. The Balaban J connectivity index is 2.16. The van der Waals surface area contributed by atoms with Crippen molar-refractivity contribution in [2.75, 3.05) is 13.1 Å². The number of hydrogen-bond donors (Lipinski definition) is 2. The highest BCUT2D eigenvalue weighted by Gasteiger charge is 2.22. The summed E-state index contributed by atoms with van der Waals surface area (Å²) in [6, 6.07) is 0.636. The zero-order valence-corrected chi connectivity index (χ0v) is 12.3. The molecule has 0 aromatic heterocycles. The van der Waals surface area contributed by atoms with E-state index in [4.69, 9.17) is 0 Å². The average molecular weight is 254 g/mol. The Morgan fingerprint density at radius 3 is 2.78 bits per heavy atom. The second kappa shape index (κ2) is 8.52. The molecule has 0 bridgehead atoms. The van der Waals surface area contributed by atoms with Gasteiger partial charge in [0.1, 0.15) is 0 Å². The second-order valence-electron chi connectivity index (χ2n) is 6.02. The van der Waals surface area contributed by atoms with Crippen LogP contribution in [0.2, 0.25) is 0 Å². The SMILES string of the molecule is CCNC(=O)CCNC1CCCC(CC(C)C)C1. The van der Waals surface area contributed by atoms with E-state index in [1.54, 1.807) is 0 Å². The summed E-state index contributed by atoms with van der Waals surface area (Å²) in [5.41, 5.74) is 0. The van der Waals surface area contributed by atoms with Gasteiger partial charge >= 0.3 is 0 Å². The van der Waals surface area contributed by atoms with Gasteiger partial charge in [-0.3, -0.25) is 4.79 Å². The minimum atomic E-state index is 0.166.